The number of carbonyl (C=O) groups is 11. The van der Waals surface area contributed by atoms with Gasteiger partial charge in [0.15, 0.2) is 5.96 Å². The number of nitrogens with two attached hydrogens (primary N) is 9. The van der Waals surface area contributed by atoms with E-state index < -0.39 is 138 Å². The molecule has 1 rings (SSSR count). The summed E-state index contributed by atoms with van der Waals surface area (Å²) in [7, 11) is 0. The van der Waals surface area contributed by atoms with Crippen LogP contribution < -0.4 is 88.8 Å². The molecule has 464 valence electrons. The lowest BCUT2D eigenvalue weighted by molar-refractivity contribution is -0.192. The van der Waals surface area contributed by atoms with Crippen LogP contribution in [0.3, 0.4) is 0 Å². The highest BCUT2D eigenvalue weighted by molar-refractivity contribution is 5.98. The number of carbonyl (C=O) groups excluding carboxylic acids is 10. The monoisotopic (exact) mass is 1180 g/mol. The zero-order valence-electron chi connectivity index (χ0n) is 46.1. The summed E-state index contributed by atoms with van der Waals surface area (Å²) in [5.74, 6) is -12.4. The number of hydrogen-bond donors (Lipinski definition) is 18. The van der Waals surface area contributed by atoms with Crippen LogP contribution in [0.1, 0.15) is 109 Å². The molecule has 0 aliphatic rings. The zero-order chi connectivity index (χ0) is 62.7. The van der Waals surface area contributed by atoms with Crippen molar-refractivity contribution in [2.45, 2.75) is 165 Å². The molecule has 0 saturated carbocycles. The number of aliphatic carboxylic acids is 1. The Bertz CT molecular complexity index is 2280. The fourth-order valence-electron chi connectivity index (χ4n) is 7.44. The summed E-state index contributed by atoms with van der Waals surface area (Å²) >= 11 is 0. The Balaban J connectivity index is 0.00000874. The number of unbranched alkanes of at least 4 members (excludes halogenated alkanes) is 3. The number of amides is 10. The Morgan fingerprint density at radius 1 is 0.524 bits per heavy atom. The number of phenolic OH excluding ortho intramolecular Hbond substituents is 1. The van der Waals surface area contributed by atoms with E-state index in [9.17, 15) is 66.2 Å². The topological polar surface area (TPSA) is 559 Å². The van der Waals surface area contributed by atoms with Crippen LogP contribution >= 0.6 is 0 Å². The van der Waals surface area contributed by atoms with E-state index in [0.717, 1.165) is 0 Å². The maximum Gasteiger partial charge on any atom is 0.490 e. The van der Waals surface area contributed by atoms with E-state index in [1.165, 1.54) is 12.1 Å². The second-order valence-electron chi connectivity index (χ2n) is 19.3. The highest BCUT2D eigenvalue weighted by Gasteiger charge is 2.39. The summed E-state index contributed by atoms with van der Waals surface area (Å²) in [5, 5.41) is 34.6. The third-order valence-electron chi connectivity index (χ3n) is 11.9. The van der Waals surface area contributed by atoms with E-state index in [1.807, 2.05) is 0 Å². The highest BCUT2D eigenvalue weighted by Crippen LogP contribution is 2.15. The third kappa shape index (κ3) is 31.8. The fraction of sp³-hybridized carbons (Fsp3) is 0.633. The van der Waals surface area contributed by atoms with Gasteiger partial charge >= 0.3 is 12.1 Å². The minimum atomic E-state index is -5.08. The van der Waals surface area contributed by atoms with E-state index in [0.29, 0.717) is 50.6 Å². The van der Waals surface area contributed by atoms with Crippen molar-refractivity contribution in [3.05, 3.63) is 29.8 Å². The third-order valence-corrected chi connectivity index (χ3v) is 11.9. The molecule has 0 fully saturated rings. The maximum absolute atomic E-state index is 14.2. The van der Waals surface area contributed by atoms with Crippen molar-refractivity contribution in [3.63, 3.8) is 0 Å². The Morgan fingerprint density at radius 2 is 0.902 bits per heavy atom. The van der Waals surface area contributed by atoms with Gasteiger partial charge in [-0.25, -0.2) is 4.79 Å². The zero-order valence-corrected chi connectivity index (χ0v) is 46.1. The first-order valence-corrected chi connectivity index (χ1v) is 26.4. The molecule has 10 amide bonds. The lowest BCUT2D eigenvalue weighted by Gasteiger charge is -2.29. The molecule has 0 spiro atoms. The number of nitrogens with one attached hydrogen (secondary N) is 7. The average Bonchev–Trinajstić information content (AvgIpc) is 3.39. The van der Waals surface area contributed by atoms with Crippen LogP contribution in [-0.4, -0.2) is 162 Å². The number of aromatic hydroxyl groups is 1. The Kier molecular flexibility index (Phi) is 35.7. The van der Waals surface area contributed by atoms with Crippen molar-refractivity contribution in [3.8, 4) is 5.75 Å². The van der Waals surface area contributed by atoms with Crippen LogP contribution in [0.25, 0.3) is 0 Å². The molecular weight excluding hydrogens is 1090 g/mol. The molecule has 0 radical (unpaired) electrons. The second-order valence-corrected chi connectivity index (χ2v) is 19.3. The van der Waals surface area contributed by atoms with Crippen LogP contribution in [0, 0.1) is 5.92 Å². The predicted octanol–water partition coefficient (Wildman–Crippen LogP) is -4.99. The highest BCUT2D eigenvalue weighted by atomic mass is 19.4. The SMILES string of the molecule is CC(C)C(NC(=O)C(CCCN=C(N)N)NC(=O)C(CCC(N)=O)NC(=O)C(CCCCN)NC(=O)C(N)Cc1ccc(O)cc1)C(=O)NC(CCCCN)C(=O)NC(CC(N)=O)C(=O)NC(CCCCN)C(N)=O.O=C(O)C(F)(F)F. The molecule has 8 atom stereocenters. The first-order valence-electron chi connectivity index (χ1n) is 26.4. The Labute approximate surface area is 472 Å². The van der Waals surface area contributed by atoms with Crippen LogP contribution in [-0.2, 0) is 59.2 Å². The number of rotatable bonds is 39. The molecule has 0 heterocycles. The first-order chi connectivity index (χ1) is 38.4. The van der Waals surface area contributed by atoms with Gasteiger partial charge in [0.05, 0.1) is 12.5 Å². The van der Waals surface area contributed by atoms with Gasteiger partial charge in [0.1, 0.15) is 48.0 Å². The van der Waals surface area contributed by atoms with Gasteiger partial charge < -0.3 is 99.0 Å². The average molecular weight is 1180 g/mol. The molecule has 27 N–H and O–H groups in total. The maximum atomic E-state index is 14.2. The molecular formula is C49H84F3N17O13. The number of guanidine groups is 1. The van der Waals surface area contributed by atoms with E-state index >= 15 is 0 Å². The number of hydrogen-bond acceptors (Lipinski definition) is 17. The van der Waals surface area contributed by atoms with E-state index in [4.69, 9.17) is 61.5 Å². The van der Waals surface area contributed by atoms with Crippen LogP contribution in [0.15, 0.2) is 29.3 Å². The number of alkyl halides is 3. The minimum Gasteiger partial charge on any atom is -0.508 e. The van der Waals surface area contributed by atoms with Gasteiger partial charge in [-0.05, 0) is 127 Å². The van der Waals surface area contributed by atoms with Crippen molar-refractivity contribution in [2.24, 2.45) is 62.5 Å². The lowest BCUT2D eigenvalue weighted by Crippen LogP contribution is -2.61. The quantitative estimate of drug-likeness (QED) is 0.0167. The number of carboxylic acids is 1. The van der Waals surface area contributed by atoms with Crippen molar-refractivity contribution < 1.29 is 76.1 Å². The molecule has 0 aliphatic heterocycles. The summed E-state index contributed by atoms with van der Waals surface area (Å²) < 4.78 is 31.7. The first kappa shape index (κ1) is 74.1. The summed E-state index contributed by atoms with van der Waals surface area (Å²) in [4.78, 5) is 146. The number of phenols is 1. The summed E-state index contributed by atoms with van der Waals surface area (Å²) in [5.41, 5.74) is 51.1. The molecule has 1 aromatic rings. The van der Waals surface area contributed by atoms with Crippen molar-refractivity contribution in [1.29, 1.82) is 0 Å². The number of carboxylic acid groups (broad SMARTS) is 1. The van der Waals surface area contributed by atoms with Crippen LogP contribution in [0.2, 0.25) is 0 Å². The summed E-state index contributed by atoms with van der Waals surface area (Å²) in [6, 6.07) is -4.78. The Hall–Kier alpha value is -7.91. The molecule has 0 aromatic heterocycles. The smallest absolute Gasteiger partial charge is 0.490 e. The van der Waals surface area contributed by atoms with E-state index in [-0.39, 0.29) is 76.3 Å². The number of aliphatic imine (C=N–C) groups is 1. The molecule has 0 saturated heterocycles. The molecule has 1 aromatic carbocycles. The summed E-state index contributed by atoms with van der Waals surface area (Å²) in [6.07, 6.45) is -3.77. The summed E-state index contributed by atoms with van der Waals surface area (Å²) in [6.45, 7) is 4.01. The molecule has 82 heavy (non-hydrogen) atoms. The Morgan fingerprint density at radius 3 is 1.30 bits per heavy atom. The molecule has 33 heteroatoms. The number of primary amides is 3. The van der Waals surface area contributed by atoms with Gasteiger partial charge in [-0.3, -0.25) is 52.9 Å². The van der Waals surface area contributed by atoms with Crippen LogP contribution in [0.5, 0.6) is 5.75 Å². The predicted molar refractivity (Wildman–Crippen MR) is 292 cm³/mol. The van der Waals surface area contributed by atoms with Gasteiger partial charge in [-0.2, -0.15) is 13.2 Å². The lowest BCUT2D eigenvalue weighted by atomic mass is 10.00. The van der Waals surface area contributed by atoms with Gasteiger partial charge in [0, 0.05) is 13.0 Å². The number of halogens is 3. The largest absolute Gasteiger partial charge is 0.508 e. The van der Waals surface area contributed by atoms with Gasteiger partial charge in [0.2, 0.25) is 59.1 Å². The number of benzene rings is 1. The normalized spacial score (nSPS) is 14.0. The van der Waals surface area contributed by atoms with E-state index in [2.05, 4.69) is 42.2 Å². The van der Waals surface area contributed by atoms with Crippen LogP contribution in [0.4, 0.5) is 13.2 Å². The fourth-order valence-corrected chi connectivity index (χ4v) is 7.44. The minimum absolute atomic E-state index is 0.00279. The van der Waals surface area contributed by atoms with Crippen molar-refractivity contribution in [1.82, 2.24) is 37.2 Å². The van der Waals surface area contributed by atoms with Gasteiger partial charge in [0.25, 0.3) is 0 Å². The molecule has 30 nitrogen and oxygen atoms in total. The van der Waals surface area contributed by atoms with Crippen molar-refractivity contribution in [2.75, 3.05) is 26.2 Å². The van der Waals surface area contributed by atoms with Crippen molar-refractivity contribution >= 4 is 71.0 Å². The van der Waals surface area contributed by atoms with Gasteiger partial charge in [-0.1, -0.05) is 26.0 Å². The molecule has 8 unspecified atom stereocenters. The second kappa shape index (κ2) is 39.5. The molecule has 0 aliphatic carbocycles. The van der Waals surface area contributed by atoms with Gasteiger partial charge in [-0.15, -0.1) is 0 Å². The number of nitrogens with zero attached hydrogens (tertiary/aromatic N) is 1. The van der Waals surface area contributed by atoms with E-state index in [1.54, 1.807) is 26.0 Å². The standard InChI is InChI=1S/C47H83N17O11.C2HF3O2/c1-26(2)38(46(75)62-32(12-5-8-22-50)42(71)63-35(25-37(53)67)45(74)58-30(39(54)68)10-3-6-20-48)64-44(73)33(13-9-23-57-47(55)56)60-43(72)34(18-19-36(52)66)61-41(70)31(11-4-7-21-49)59-40(69)29(51)24-27-14-16-28(65)17-15-27;3-2(4,5)1(6)7/h14-17,26,29-35,38,65H,3-13,18-25,48-51H2,1-2H3,(H2,52,66)(H2,53,67)(H2,54,68)(H,58,74)(H,59,69)(H,60,72)(H,61,70)(H,62,75)(H,63,71)(H,64,73)(H4,55,56,57);(H,6,7). The molecule has 0 bridgehead atoms.